The van der Waals surface area contributed by atoms with E-state index >= 15 is 0 Å². The van der Waals surface area contributed by atoms with Gasteiger partial charge in [0, 0.05) is 66.6 Å². The number of fused-ring (bicyclic) bond motifs is 1. The minimum Gasteiger partial charge on any atom is -0.435 e. The molecule has 1 aromatic carbocycles. The second-order valence-electron chi connectivity index (χ2n) is 7.94. The lowest BCUT2D eigenvalue weighted by atomic mass is 10.1. The van der Waals surface area contributed by atoms with Crippen LogP contribution in [0.4, 0.5) is 14.7 Å². The summed E-state index contributed by atoms with van der Waals surface area (Å²) in [5, 5.41) is 0.521. The number of nitrogens with zero attached hydrogens (tertiary/aromatic N) is 5. The number of rotatable bonds is 6. The molecule has 0 radical (unpaired) electrons. The highest BCUT2D eigenvalue weighted by atomic mass is 35.5. The van der Waals surface area contributed by atoms with Crippen LogP contribution in [0.2, 0.25) is 5.02 Å². The highest BCUT2D eigenvalue weighted by Gasteiger charge is 2.18. The summed E-state index contributed by atoms with van der Waals surface area (Å²) in [6.07, 6.45) is 5.75. The number of pyridine rings is 1. The van der Waals surface area contributed by atoms with Crippen molar-refractivity contribution in [3.05, 3.63) is 70.9 Å². The summed E-state index contributed by atoms with van der Waals surface area (Å²) in [6.45, 7) is 1.80. The van der Waals surface area contributed by atoms with E-state index in [0.29, 0.717) is 41.8 Å². The van der Waals surface area contributed by atoms with Crippen molar-refractivity contribution in [2.75, 3.05) is 31.2 Å². The van der Waals surface area contributed by atoms with E-state index in [1.807, 2.05) is 17.5 Å². The summed E-state index contributed by atoms with van der Waals surface area (Å²) in [4.78, 5) is 15.7. The molecule has 4 heterocycles. The molecule has 4 aromatic rings. The second kappa shape index (κ2) is 9.52. The SMILES string of the molecule is Cc1nc2cc(Cl)c(-c3cnc(N4CCOCC4)nc3)cn2c1Cc1ccccc1OC(F)F. The van der Waals surface area contributed by atoms with E-state index in [2.05, 4.69) is 19.9 Å². The van der Waals surface area contributed by atoms with Gasteiger partial charge in [-0.1, -0.05) is 29.8 Å². The number of imidazole rings is 1. The molecule has 5 rings (SSSR count). The fraction of sp³-hybridized carbons (Fsp3) is 0.292. The Balaban J connectivity index is 1.50. The van der Waals surface area contributed by atoms with E-state index in [4.69, 9.17) is 21.1 Å². The third kappa shape index (κ3) is 4.53. The van der Waals surface area contributed by atoms with Crippen molar-refractivity contribution in [2.45, 2.75) is 20.0 Å². The number of morpholine rings is 1. The summed E-state index contributed by atoms with van der Waals surface area (Å²) >= 11 is 6.59. The Morgan fingerprint density at radius 2 is 1.88 bits per heavy atom. The van der Waals surface area contributed by atoms with Crippen LogP contribution >= 0.6 is 11.6 Å². The molecule has 0 unspecified atom stereocenters. The lowest BCUT2D eigenvalue weighted by Gasteiger charge is -2.26. The Kier molecular flexibility index (Phi) is 6.30. The van der Waals surface area contributed by atoms with Crippen molar-refractivity contribution in [3.8, 4) is 16.9 Å². The minimum atomic E-state index is -2.89. The van der Waals surface area contributed by atoms with Crippen LogP contribution in [-0.2, 0) is 11.2 Å². The fourth-order valence-electron chi connectivity index (χ4n) is 4.08. The lowest BCUT2D eigenvalue weighted by Crippen LogP contribution is -2.37. The monoisotopic (exact) mass is 485 g/mol. The van der Waals surface area contributed by atoms with Gasteiger partial charge in [0.2, 0.25) is 5.95 Å². The predicted molar refractivity (Wildman–Crippen MR) is 125 cm³/mol. The molecule has 0 aliphatic carbocycles. The number of halogens is 3. The number of ether oxygens (including phenoxy) is 2. The van der Waals surface area contributed by atoms with Gasteiger partial charge in [0.15, 0.2) is 0 Å². The van der Waals surface area contributed by atoms with E-state index in [1.165, 1.54) is 6.07 Å². The first kappa shape index (κ1) is 22.5. The molecular formula is C24H22ClF2N5O2. The van der Waals surface area contributed by atoms with Gasteiger partial charge in [-0.3, -0.25) is 0 Å². The van der Waals surface area contributed by atoms with Gasteiger partial charge in [-0.25, -0.2) is 15.0 Å². The molecular weight excluding hydrogens is 464 g/mol. The lowest BCUT2D eigenvalue weighted by molar-refractivity contribution is -0.0503. The number of para-hydroxylation sites is 1. The minimum absolute atomic E-state index is 0.146. The number of aryl methyl sites for hydroxylation is 1. The molecule has 0 spiro atoms. The number of aromatic nitrogens is 4. The normalized spacial score (nSPS) is 14.2. The number of benzene rings is 1. The molecule has 0 N–H and O–H groups in total. The molecule has 7 nitrogen and oxygen atoms in total. The molecule has 1 saturated heterocycles. The van der Waals surface area contributed by atoms with Crippen LogP contribution in [0.25, 0.3) is 16.8 Å². The Bertz CT molecular complexity index is 1310. The van der Waals surface area contributed by atoms with Gasteiger partial charge < -0.3 is 18.8 Å². The molecule has 1 fully saturated rings. The second-order valence-corrected chi connectivity index (χ2v) is 8.35. The molecule has 0 amide bonds. The van der Waals surface area contributed by atoms with Gasteiger partial charge in [-0.15, -0.1) is 0 Å². The molecule has 1 aliphatic heterocycles. The van der Waals surface area contributed by atoms with Crippen LogP contribution in [0.15, 0.2) is 48.9 Å². The fourth-order valence-corrected chi connectivity index (χ4v) is 4.34. The van der Waals surface area contributed by atoms with E-state index in [0.717, 1.165) is 35.6 Å². The summed E-state index contributed by atoms with van der Waals surface area (Å²) < 4.78 is 37.8. The highest BCUT2D eigenvalue weighted by Crippen LogP contribution is 2.31. The van der Waals surface area contributed by atoms with Crippen molar-refractivity contribution in [3.63, 3.8) is 0 Å². The Labute approximate surface area is 199 Å². The first-order valence-electron chi connectivity index (χ1n) is 10.8. The third-order valence-corrected chi connectivity index (χ3v) is 6.11. The van der Waals surface area contributed by atoms with E-state index in [9.17, 15) is 8.78 Å². The summed E-state index contributed by atoms with van der Waals surface area (Å²) in [5.41, 5.74) is 4.45. The van der Waals surface area contributed by atoms with Gasteiger partial charge in [0.05, 0.1) is 23.9 Å². The Hall–Kier alpha value is -3.30. The van der Waals surface area contributed by atoms with Crippen molar-refractivity contribution in [2.24, 2.45) is 0 Å². The maximum absolute atomic E-state index is 12.9. The number of hydrogen-bond donors (Lipinski definition) is 0. The van der Waals surface area contributed by atoms with Crippen molar-refractivity contribution >= 4 is 23.2 Å². The molecule has 0 bridgehead atoms. The van der Waals surface area contributed by atoms with Crippen LogP contribution in [0, 0.1) is 6.92 Å². The number of hydrogen-bond acceptors (Lipinski definition) is 6. The average molecular weight is 486 g/mol. The van der Waals surface area contributed by atoms with Crippen molar-refractivity contribution in [1.29, 1.82) is 0 Å². The number of alkyl halides is 2. The highest BCUT2D eigenvalue weighted by molar-refractivity contribution is 6.33. The maximum atomic E-state index is 12.9. The summed E-state index contributed by atoms with van der Waals surface area (Å²) in [5.74, 6) is 0.798. The summed E-state index contributed by atoms with van der Waals surface area (Å²) in [7, 11) is 0. The standard InChI is InChI=1S/C24H22ClF2N5O2/c1-15-20(10-16-4-2-3-5-21(16)34-23(26)27)32-14-18(19(25)11-22(32)30-15)17-12-28-24(29-13-17)31-6-8-33-9-7-31/h2-5,11-14,23H,6-10H2,1H3. The molecule has 10 heteroatoms. The Morgan fingerprint density at radius 1 is 1.15 bits per heavy atom. The van der Waals surface area contributed by atoms with Crippen molar-refractivity contribution in [1.82, 2.24) is 19.4 Å². The first-order chi connectivity index (χ1) is 16.5. The predicted octanol–water partition coefficient (Wildman–Crippen LogP) is 4.78. The molecule has 3 aromatic heterocycles. The van der Waals surface area contributed by atoms with E-state index in [-0.39, 0.29) is 5.75 Å². The number of anilines is 1. The maximum Gasteiger partial charge on any atom is 0.387 e. The van der Waals surface area contributed by atoms with E-state index in [1.54, 1.807) is 36.7 Å². The topological polar surface area (TPSA) is 64.8 Å². The molecule has 34 heavy (non-hydrogen) atoms. The van der Waals surface area contributed by atoms with Crippen LogP contribution in [-0.4, -0.2) is 52.3 Å². The van der Waals surface area contributed by atoms with Crippen LogP contribution in [0.1, 0.15) is 17.0 Å². The van der Waals surface area contributed by atoms with Crippen LogP contribution in [0.5, 0.6) is 5.75 Å². The third-order valence-electron chi connectivity index (χ3n) is 5.80. The molecule has 1 aliphatic rings. The zero-order valence-corrected chi connectivity index (χ0v) is 19.2. The van der Waals surface area contributed by atoms with Gasteiger partial charge in [-0.2, -0.15) is 8.78 Å². The van der Waals surface area contributed by atoms with Gasteiger partial charge in [-0.05, 0) is 13.0 Å². The quantitative estimate of drug-likeness (QED) is 0.391. The van der Waals surface area contributed by atoms with E-state index < -0.39 is 6.61 Å². The van der Waals surface area contributed by atoms with Crippen LogP contribution in [0.3, 0.4) is 0 Å². The zero-order valence-electron chi connectivity index (χ0n) is 18.4. The summed E-state index contributed by atoms with van der Waals surface area (Å²) in [6, 6.07) is 8.55. The van der Waals surface area contributed by atoms with Gasteiger partial charge in [0.25, 0.3) is 0 Å². The average Bonchev–Trinajstić information content (AvgIpc) is 3.14. The Morgan fingerprint density at radius 3 is 2.62 bits per heavy atom. The molecule has 176 valence electrons. The molecule has 0 atom stereocenters. The zero-order chi connectivity index (χ0) is 23.7. The largest absolute Gasteiger partial charge is 0.435 e. The smallest absolute Gasteiger partial charge is 0.387 e. The molecule has 0 saturated carbocycles. The first-order valence-corrected chi connectivity index (χ1v) is 11.2. The van der Waals surface area contributed by atoms with Crippen LogP contribution < -0.4 is 9.64 Å². The van der Waals surface area contributed by atoms with Gasteiger partial charge in [0.1, 0.15) is 11.4 Å². The van der Waals surface area contributed by atoms with Gasteiger partial charge >= 0.3 is 6.61 Å². The van der Waals surface area contributed by atoms with Crippen molar-refractivity contribution < 1.29 is 18.3 Å².